The summed E-state index contributed by atoms with van der Waals surface area (Å²) in [6.45, 7) is 0.623. The number of ether oxygens (including phenoxy) is 1. The van der Waals surface area contributed by atoms with Crippen LogP contribution in [0.15, 0.2) is 36.4 Å². The second-order valence-corrected chi connectivity index (χ2v) is 4.08. The van der Waals surface area contributed by atoms with Crippen LogP contribution in [0.3, 0.4) is 0 Å². The van der Waals surface area contributed by atoms with Gasteiger partial charge in [0.25, 0.3) is 5.91 Å². The molecule has 2 rings (SSSR count). The van der Waals surface area contributed by atoms with E-state index in [0.717, 1.165) is 11.3 Å². The first kappa shape index (κ1) is 13.8. The summed E-state index contributed by atoms with van der Waals surface area (Å²) in [6.07, 6.45) is 0. The van der Waals surface area contributed by atoms with Crippen LogP contribution in [0.25, 0.3) is 0 Å². The molecule has 6 heteroatoms. The van der Waals surface area contributed by atoms with Gasteiger partial charge in [0.1, 0.15) is 11.6 Å². The summed E-state index contributed by atoms with van der Waals surface area (Å²) < 4.78 is 5.10. The van der Waals surface area contributed by atoms with Crippen molar-refractivity contribution in [1.82, 2.24) is 15.5 Å². The van der Waals surface area contributed by atoms with E-state index in [1.54, 1.807) is 26.3 Å². The Balaban J connectivity index is 1.94. The van der Waals surface area contributed by atoms with E-state index < -0.39 is 0 Å². The van der Waals surface area contributed by atoms with Crippen molar-refractivity contribution >= 4 is 11.7 Å². The molecule has 0 aliphatic heterocycles. The van der Waals surface area contributed by atoms with Crippen LogP contribution in [0.2, 0.25) is 0 Å². The number of carbonyl (C=O) groups is 1. The zero-order chi connectivity index (χ0) is 14.4. The SMILES string of the molecule is CNC(=O)c1ccc(NCc2ccc(OC)cc2)nn1. The number of nitrogens with zero attached hydrogens (tertiary/aromatic N) is 2. The average Bonchev–Trinajstić information content (AvgIpc) is 2.53. The number of methoxy groups -OCH3 is 1. The number of aromatic nitrogens is 2. The monoisotopic (exact) mass is 272 g/mol. The van der Waals surface area contributed by atoms with E-state index in [1.807, 2.05) is 24.3 Å². The van der Waals surface area contributed by atoms with E-state index in [0.29, 0.717) is 18.1 Å². The Kier molecular flexibility index (Phi) is 4.49. The maximum Gasteiger partial charge on any atom is 0.271 e. The molecule has 6 nitrogen and oxygen atoms in total. The molecule has 1 amide bonds. The molecular formula is C14H16N4O2. The van der Waals surface area contributed by atoms with Crippen molar-refractivity contribution < 1.29 is 9.53 Å². The number of amides is 1. The van der Waals surface area contributed by atoms with Gasteiger partial charge in [-0.3, -0.25) is 4.79 Å². The summed E-state index contributed by atoms with van der Waals surface area (Å²) in [7, 11) is 3.19. The number of nitrogens with one attached hydrogen (secondary N) is 2. The number of rotatable bonds is 5. The smallest absolute Gasteiger partial charge is 0.271 e. The molecule has 0 bridgehead atoms. The van der Waals surface area contributed by atoms with Gasteiger partial charge in [0, 0.05) is 13.6 Å². The van der Waals surface area contributed by atoms with Gasteiger partial charge in [0.05, 0.1) is 7.11 Å². The van der Waals surface area contributed by atoms with Crippen molar-refractivity contribution in [3.63, 3.8) is 0 Å². The summed E-state index contributed by atoms with van der Waals surface area (Å²) in [5, 5.41) is 13.4. The lowest BCUT2D eigenvalue weighted by Crippen LogP contribution is -2.19. The van der Waals surface area contributed by atoms with Crippen LogP contribution in [0.5, 0.6) is 5.75 Å². The topological polar surface area (TPSA) is 76.1 Å². The standard InChI is InChI=1S/C14H16N4O2/c1-15-14(19)12-7-8-13(18-17-12)16-9-10-3-5-11(20-2)6-4-10/h3-8H,9H2,1-2H3,(H,15,19)(H,16,18). The Bertz CT molecular complexity index is 567. The summed E-state index contributed by atoms with van der Waals surface area (Å²) >= 11 is 0. The fraction of sp³-hybridized carbons (Fsp3) is 0.214. The van der Waals surface area contributed by atoms with E-state index in [4.69, 9.17) is 4.74 Å². The van der Waals surface area contributed by atoms with E-state index in [1.165, 1.54) is 0 Å². The third-order valence-corrected chi connectivity index (χ3v) is 2.76. The highest BCUT2D eigenvalue weighted by molar-refractivity contribution is 5.91. The van der Waals surface area contributed by atoms with Gasteiger partial charge >= 0.3 is 0 Å². The molecule has 0 saturated carbocycles. The predicted molar refractivity (Wildman–Crippen MR) is 75.7 cm³/mol. The number of hydrogen-bond acceptors (Lipinski definition) is 5. The third kappa shape index (κ3) is 3.44. The fourth-order valence-corrected chi connectivity index (χ4v) is 1.61. The van der Waals surface area contributed by atoms with Crippen LogP contribution in [0, 0.1) is 0 Å². The summed E-state index contributed by atoms with van der Waals surface area (Å²) in [5.74, 6) is 1.19. The first-order valence-electron chi connectivity index (χ1n) is 6.15. The third-order valence-electron chi connectivity index (χ3n) is 2.76. The minimum atomic E-state index is -0.251. The maximum absolute atomic E-state index is 11.3. The van der Waals surface area contributed by atoms with Gasteiger partial charge < -0.3 is 15.4 Å². The molecule has 2 N–H and O–H groups in total. The molecule has 0 aliphatic rings. The van der Waals surface area contributed by atoms with Crippen LogP contribution >= 0.6 is 0 Å². The maximum atomic E-state index is 11.3. The van der Waals surface area contributed by atoms with Crippen molar-refractivity contribution in [1.29, 1.82) is 0 Å². The normalized spacial score (nSPS) is 9.90. The zero-order valence-corrected chi connectivity index (χ0v) is 11.4. The molecule has 0 saturated heterocycles. The number of anilines is 1. The van der Waals surface area contributed by atoms with E-state index in [-0.39, 0.29) is 5.91 Å². The van der Waals surface area contributed by atoms with E-state index in [9.17, 15) is 4.79 Å². The van der Waals surface area contributed by atoms with Gasteiger partial charge in [-0.2, -0.15) is 0 Å². The molecule has 1 heterocycles. The molecule has 1 aromatic heterocycles. The van der Waals surface area contributed by atoms with Crippen molar-refractivity contribution in [3.8, 4) is 5.75 Å². The Labute approximate surface area is 117 Å². The molecule has 0 radical (unpaired) electrons. The van der Waals surface area contributed by atoms with Gasteiger partial charge in [-0.15, -0.1) is 10.2 Å². The molecule has 0 atom stereocenters. The predicted octanol–water partition coefficient (Wildman–Crippen LogP) is 1.46. The summed E-state index contributed by atoms with van der Waals surface area (Å²) in [5.41, 5.74) is 1.39. The Morgan fingerprint density at radius 1 is 1.15 bits per heavy atom. The van der Waals surface area contributed by atoms with Crippen molar-refractivity contribution in [2.75, 3.05) is 19.5 Å². The highest BCUT2D eigenvalue weighted by atomic mass is 16.5. The highest BCUT2D eigenvalue weighted by Gasteiger charge is 2.05. The van der Waals surface area contributed by atoms with Crippen LogP contribution < -0.4 is 15.4 Å². The lowest BCUT2D eigenvalue weighted by atomic mass is 10.2. The minimum absolute atomic E-state index is 0.251. The average molecular weight is 272 g/mol. The minimum Gasteiger partial charge on any atom is -0.497 e. The number of hydrogen-bond donors (Lipinski definition) is 2. The van der Waals surface area contributed by atoms with Crippen molar-refractivity contribution in [2.45, 2.75) is 6.54 Å². The summed E-state index contributed by atoms with van der Waals surface area (Å²) in [6, 6.07) is 11.1. The molecule has 20 heavy (non-hydrogen) atoms. The van der Waals surface area contributed by atoms with Crippen LogP contribution in [0.4, 0.5) is 5.82 Å². The number of carbonyl (C=O) groups excluding carboxylic acids is 1. The van der Waals surface area contributed by atoms with Crippen LogP contribution in [0.1, 0.15) is 16.1 Å². The van der Waals surface area contributed by atoms with Crippen LogP contribution in [-0.2, 0) is 6.54 Å². The lowest BCUT2D eigenvalue weighted by molar-refractivity contribution is 0.0957. The van der Waals surface area contributed by atoms with Crippen LogP contribution in [-0.4, -0.2) is 30.3 Å². The first-order chi connectivity index (χ1) is 9.72. The van der Waals surface area contributed by atoms with Gasteiger partial charge in [-0.05, 0) is 29.8 Å². The number of benzene rings is 1. The Morgan fingerprint density at radius 2 is 1.90 bits per heavy atom. The molecule has 0 aliphatic carbocycles. The molecular weight excluding hydrogens is 256 g/mol. The highest BCUT2D eigenvalue weighted by Crippen LogP contribution is 2.12. The first-order valence-corrected chi connectivity index (χ1v) is 6.15. The Hall–Kier alpha value is -2.63. The molecule has 0 spiro atoms. The van der Waals surface area contributed by atoms with E-state index in [2.05, 4.69) is 20.8 Å². The second-order valence-electron chi connectivity index (χ2n) is 4.08. The quantitative estimate of drug-likeness (QED) is 0.861. The zero-order valence-electron chi connectivity index (χ0n) is 11.4. The second kappa shape index (κ2) is 6.51. The van der Waals surface area contributed by atoms with E-state index >= 15 is 0 Å². The van der Waals surface area contributed by atoms with Gasteiger partial charge in [0.2, 0.25) is 0 Å². The van der Waals surface area contributed by atoms with Crippen molar-refractivity contribution in [2.24, 2.45) is 0 Å². The van der Waals surface area contributed by atoms with Gasteiger partial charge in [-0.1, -0.05) is 12.1 Å². The Morgan fingerprint density at radius 3 is 2.45 bits per heavy atom. The molecule has 0 unspecified atom stereocenters. The van der Waals surface area contributed by atoms with Gasteiger partial charge in [-0.25, -0.2) is 0 Å². The largest absolute Gasteiger partial charge is 0.497 e. The molecule has 1 aromatic carbocycles. The van der Waals surface area contributed by atoms with Crippen molar-refractivity contribution in [3.05, 3.63) is 47.7 Å². The fourth-order valence-electron chi connectivity index (χ4n) is 1.61. The molecule has 2 aromatic rings. The molecule has 104 valence electrons. The summed E-state index contributed by atoms with van der Waals surface area (Å²) in [4.78, 5) is 11.3. The molecule has 0 fully saturated rings. The van der Waals surface area contributed by atoms with Gasteiger partial charge in [0.15, 0.2) is 5.69 Å². The lowest BCUT2D eigenvalue weighted by Gasteiger charge is -2.06.